The average molecular weight is 324 g/mol. The monoisotopic (exact) mass is 324 g/mol. The van der Waals surface area contributed by atoms with E-state index in [1.54, 1.807) is 11.3 Å². The van der Waals surface area contributed by atoms with Crippen LogP contribution in [0.5, 0.6) is 0 Å². The van der Waals surface area contributed by atoms with Crippen LogP contribution >= 0.6 is 11.3 Å². The smallest absolute Gasteiger partial charge is 0.228 e. The second kappa shape index (κ2) is 7.50. The summed E-state index contributed by atoms with van der Waals surface area (Å²) in [4.78, 5) is 23.5. The van der Waals surface area contributed by atoms with Crippen LogP contribution in [0.3, 0.4) is 0 Å². The number of carbonyl (C=O) groups is 1. The minimum absolute atomic E-state index is 0.205. The van der Waals surface area contributed by atoms with Gasteiger partial charge in [0.05, 0.1) is 31.9 Å². The van der Waals surface area contributed by atoms with Gasteiger partial charge in [-0.2, -0.15) is 0 Å². The van der Waals surface area contributed by atoms with Crippen molar-refractivity contribution in [3.05, 3.63) is 16.1 Å². The minimum atomic E-state index is 0.205. The van der Waals surface area contributed by atoms with Crippen LogP contribution in [0.4, 0.5) is 0 Å². The van der Waals surface area contributed by atoms with Crippen molar-refractivity contribution in [2.75, 3.05) is 59.5 Å². The van der Waals surface area contributed by atoms with E-state index in [1.165, 1.54) is 0 Å². The molecule has 1 amide bonds. The molecular weight excluding hydrogens is 300 g/mol. The third-order valence-corrected chi connectivity index (χ3v) is 5.13. The van der Waals surface area contributed by atoms with Gasteiger partial charge in [0, 0.05) is 44.6 Å². The van der Waals surface area contributed by atoms with Gasteiger partial charge in [-0.05, 0) is 7.05 Å². The number of nitrogens with zero attached hydrogens (tertiary/aromatic N) is 4. The first-order valence-corrected chi connectivity index (χ1v) is 8.78. The van der Waals surface area contributed by atoms with Crippen molar-refractivity contribution in [2.45, 2.75) is 13.0 Å². The molecule has 0 spiro atoms. The Labute approximate surface area is 135 Å². The van der Waals surface area contributed by atoms with Crippen LogP contribution in [0.15, 0.2) is 5.38 Å². The van der Waals surface area contributed by atoms with Gasteiger partial charge in [-0.15, -0.1) is 11.3 Å². The molecule has 2 aliphatic heterocycles. The lowest BCUT2D eigenvalue weighted by molar-refractivity contribution is -0.132. The molecule has 122 valence electrons. The largest absolute Gasteiger partial charge is 0.379 e. The third kappa shape index (κ3) is 4.25. The molecule has 0 saturated carbocycles. The molecule has 0 atom stereocenters. The molecule has 0 radical (unpaired) electrons. The summed E-state index contributed by atoms with van der Waals surface area (Å²) in [6.45, 7) is 8.01. The number of hydrogen-bond donors (Lipinski definition) is 0. The lowest BCUT2D eigenvalue weighted by Crippen LogP contribution is -2.47. The number of rotatable bonds is 4. The quantitative estimate of drug-likeness (QED) is 0.797. The predicted octanol–water partition coefficient (Wildman–Crippen LogP) is 0.292. The highest BCUT2D eigenvalue weighted by atomic mass is 32.1. The normalized spacial score (nSPS) is 21.2. The van der Waals surface area contributed by atoms with Gasteiger partial charge < -0.3 is 14.5 Å². The fraction of sp³-hybridized carbons (Fsp3) is 0.733. The first-order chi connectivity index (χ1) is 10.7. The summed E-state index contributed by atoms with van der Waals surface area (Å²) in [5, 5.41) is 3.13. The van der Waals surface area contributed by atoms with E-state index < -0.39 is 0 Å². The zero-order valence-corrected chi connectivity index (χ0v) is 14.0. The predicted molar refractivity (Wildman–Crippen MR) is 86.0 cm³/mol. The molecule has 2 aliphatic rings. The zero-order chi connectivity index (χ0) is 15.4. The third-order valence-electron chi connectivity index (χ3n) is 4.25. The highest BCUT2D eigenvalue weighted by Crippen LogP contribution is 2.15. The number of piperazine rings is 1. The van der Waals surface area contributed by atoms with Gasteiger partial charge in [-0.25, -0.2) is 4.98 Å². The lowest BCUT2D eigenvalue weighted by atomic mass is 10.2. The molecule has 2 fully saturated rings. The summed E-state index contributed by atoms with van der Waals surface area (Å²) >= 11 is 1.66. The van der Waals surface area contributed by atoms with E-state index in [0.29, 0.717) is 6.42 Å². The molecule has 3 rings (SSSR count). The van der Waals surface area contributed by atoms with Gasteiger partial charge in [0.2, 0.25) is 5.91 Å². The van der Waals surface area contributed by atoms with Gasteiger partial charge >= 0.3 is 0 Å². The zero-order valence-electron chi connectivity index (χ0n) is 13.2. The Morgan fingerprint density at radius 2 is 1.95 bits per heavy atom. The molecule has 2 saturated heterocycles. The Balaban J connectivity index is 1.49. The number of amides is 1. The van der Waals surface area contributed by atoms with E-state index in [4.69, 9.17) is 4.74 Å². The average Bonchev–Trinajstić information content (AvgIpc) is 2.96. The highest BCUT2D eigenvalue weighted by Gasteiger charge is 2.20. The van der Waals surface area contributed by atoms with Crippen LogP contribution < -0.4 is 0 Å². The number of morpholine rings is 1. The molecule has 22 heavy (non-hydrogen) atoms. The van der Waals surface area contributed by atoms with E-state index in [0.717, 1.165) is 69.7 Å². The second-order valence-corrected chi connectivity index (χ2v) is 6.92. The minimum Gasteiger partial charge on any atom is -0.379 e. The van der Waals surface area contributed by atoms with Crippen LogP contribution in [0.25, 0.3) is 0 Å². The second-order valence-electron chi connectivity index (χ2n) is 5.98. The standard InChI is InChI=1S/C15H24N4O2S/c1-17-2-4-19(5-3-17)15(20)10-13-12-22-14(16-13)11-18-6-8-21-9-7-18/h12H,2-11H2,1H3. The lowest BCUT2D eigenvalue weighted by Gasteiger charge is -2.32. The molecule has 0 aromatic carbocycles. The number of hydrogen-bond acceptors (Lipinski definition) is 6. The number of aromatic nitrogens is 1. The highest BCUT2D eigenvalue weighted by molar-refractivity contribution is 7.09. The van der Waals surface area contributed by atoms with Gasteiger partial charge in [-0.1, -0.05) is 0 Å². The summed E-state index contributed by atoms with van der Waals surface area (Å²) in [7, 11) is 2.10. The number of ether oxygens (including phenoxy) is 1. The van der Waals surface area contributed by atoms with Crippen LogP contribution in [0.2, 0.25) is 0 Å². The summed E-state index contributed by atoms with van der Waals surface area (Å²) < 4.78 is 5.36. The molecule has 0 bridgehead atoms. The van der Waals surface area contributed by atoms with E-state index >= 15 is 0 Å². The topological polar surface area (TPSA) is 48.9 Å². The number of carbonyl (C=O) groups excluding carboxylic acids is 1. The van der Waals surface area contributed by atoms with Crippen LogP contribution in [-0.4, -0.2) is 85.1 Å². The Bertz CT molecular complexity index is 493. The first kappa shape index (κ1) is 15.9. The molecule has 6 nitrogen and oxygen atoms in total. The van der Waals surface area contributed by atoms with Crippen LogP contribution in [0.1, 0.15) is 10.7 Å². The van der Waals surface area contributed by atoms with Crippen molar-refractivity contribution in [1.29, 1.82) is 0 Å². The molecule has 7 heteroatoms. The Morgan fingerprint density at radius 3 is 2.68 bits per heavy atom. The fourth-order valence-electron chi connectivity index (χ4n) is 2.78. The summed E-state index contributed by atoms with van der Waals surface area (Å²) in [6, 6.07) is 0. The van der Waals surface area contributed by atoms with Gasteiger partial charge in [0.25, 0.3) is 0 Å². The van der Waals surface area contributed by atoms with Crippen molar-refractivity contribution in [3.63, 3.8) is 0 Å². The maximum Gasteiger partial charge on any atom is 0.228 e. The van der Waals surface area contributed by atoms with Crippen molar-refractivity contribution >= 4 is 17.2 Å². The maximum atomic E-state index is 12.3. The van der Waals surface area contributed by atoms with Gasteiger partial charge in [0.15, 0.2) is 0 Å². The SMILES string of the molecule is CN1CCN(C(=O)Cc2csc(CN3CCOCC3)n2)CC1. The fourth-order valence-corrected chi connectivity index (χ4v) is 3.61. The van der Waals surface area contributed by atoms with Crippen LogP contribution in [-0.2, 0) is 22.5 Å². The molecule has 1 aromatic rings. The first-order valence-electron chi connectivity index (χ1n) is 7.90. The van der Waals surface area contributed by atoms with Gasteiger partial charge in [0.1, 0.15) is 5.01 Å². The van der Waals surface area contributed by atoms with E-state index in [-0.39, 0.29) is 5.91 Å². The maximum absolute atomic E-state index is 12.3. The van der Waals surface area contributed by atoms with Gasteiger partial charge in [-0.3, -0.25) is 9.69 Å². The van der Waals surface area contributed by atoms with E-state index in [1.807, 2.05) is 10.3 Å². The molecule has 1 aromatic heterocycles. The molecular formula is C15H24N4O2S. The summed E-state index contributed by atoms with van der Waals surface area (Å²) in [5.41, 5.74) is 0.914. The van der Waals surface area contributed by atoms with E-state index in [2.05, 4.69) is 21.8 Å². The van der Waals surface area contributed by atoms with Crippen molar-refractivity contribution in [1.82, 2.24) is 19.7 Å². The molecule has 0 unspecified atom stereocenters. The molecule has 3 heterocycles. The van der Waals surface area contributed by atoms with Crippen molar-refractivity contribution in [3.8, 4) is 0 Å². The Kier molecular flexibility index (Phi) is 5.41. The summed E-state index contributed by atoms with van der Waals surface area (Å²) in [6.07, 6.45) is 0.434. The molecule has 0 N–H and O–H groups in total. The van der Waals surface area contributed by atoms with Crippen LogP contribution in [0, 0.1) is 0 Å². The van der Waals surface area contributed by atoms with Crippen molar-refractivity contribution in [2.24, 2.45) is 0 Å². The molecule has 0 aliphatic carbocycles. The van der Waals surface area contributed by atoms with Crippen molar-refractivity contribution < 1.29 is 9.53 Å². The summed E-state index contributed by atoms with van der Waals surface area (Å²) in [5.74, 6) is 0.205. The Hall–Kier alpha value is -1.02. The Morgan fingerprint density at radius 1 is 1.23 bits per heavy atom. The van der Waals surface area contributed by atoms with E-state index in [9.17, 15) is 4.79 Å². The number of thiazole rings is 1. The number of likely N-dealkylation sites (N-methyl/N-ethyl adjacent to an activating group) is 1.